The smallest absolute Gasteiger partial charge is 0.259 e. The maximum absolute atomic E-state index is 13.3. The van der Waals surface area contributed by atoms with Crippen LogP contribution in [0.1, 0.15) is 40.9 Å². The second kappa shape index (κ2) is 7.78. The molecule has 0 spiro atoms. The first-order valence-corrected chi connectivity index (χ1v) is 11.1. The van der Waals surface area contributed by atoms with E-state index in [-0.39, 0.29) is 5.91 Å². The highest BCUT2D eigenvalue weighted by Crippen LogP contribution is 2.42. The minimum absolute atomic E-state index is 0.236. The van der Waals surface area contributed by atoms with Crippen molar-refractivity contribution in [2.45, 2.75) is 39.7 Å². The standard InChI is InChI=1S/C25H24ClN5O2/c1-13-6-5-7-15(10-13)28-23(32)16-11-18-20(17-12-25(3,4)33-21(16)17)31-24(29-18)30-19-14(2)8-9-27-22(19)26/h5-11H,12H2,1-4H3,(H,28,32)(H2,29,30,31). The number of aromatic nitrogens is 3. The Labute approximate surface area is 196 Å². The number of nitrogens with zero attached hydrogens (tertiary/aromatic N) is 2. The minimum atomic E-state index is -0.434. The van der Waals surface area contributed by atoms with E-state index in [1.807, 2.05) is 58.0 Å². The number of aryl methyl sites for hydroxylation is 2. The van der Waals surface area contributed by atoms with E-state index in [4.69, 9.17) is 21.3 Å². The van der Waals surface area contributed by atoms with Crippen molar-refractivity contribution >= 4 is 45.9 Å². The molecule has 0 saturated heterocycles. The fourth-order valence-corrected chi connectivity index (χ4v) is 4.42. The van der Waals surface area contributed by atoms with Crippen molar-refractivity contribution in [2.24, 2.45) is 0 Å². The van der Waals surface area contributed by atoms with Gasteiger partial charge in [0, 0.05) is 23.9 Å². The van der Waals surface area contributed by atoms with Crippen LogP contribution >= 0.6 is 11.6 Å². The van der Waals surface area contributed by atoms with E-state index < -0.39 is 5.60 Å². The fraction of sp³-hybridized carbons (Fsp3) is 0.240. The van der Waals surface area contributed by atoms with Gasteiger partial charge in [-0.05, 0) is 63.1 Å². The summed E-state index contributed by atoms with van der Waals surface area (Å²) in [6.07, 6.45) is 2.31. The zero-order valence-electron chi connectivity index (χ0n) is 18.8. The number of carbonyl (C=O) groups excluding carboxylic acids is 1. The maximum Gasteiger partial charge on any atom is 0.259 e. The molecule has 1 aliphatic rings. The molecule has 0 aliphatic carbocycles. The summed E-state index contributed by atoms with van der Waals surface area (Å²) in [7, 11) is 0. The first-order valence-electron chi connectivity index (χ1n) is 10.7. The van der Waals surface area contributed by atoms with E-state index in [1.165, 1.54) is 0 Å². The topological polar surface area (TPSA) is 91.9 Å². The zero-order chi connectivity index (χ0) is 23.3. The average Bonchev–Trinajstić information content (AvgIpc) is 3.29. The Bertz CT molecular complexity index is 1390. The Morgan fingerprint density at radius 2 is 2.03 bits per heavy atom. The van der Waals surface area contributed by atoms with Crippen LogP contribution < -0.4 is 15.4 Å². The van der Waals surface area contributed by atoms with Gasteiger partial charge in [-0.3, -0.25) is 4.79 Å². The van der Waals surface area contributed by atoms with Gasteiger partial charge < -0.3 is 20.4 Å². The van der Waals surface area contributed by atoms with Gasteiger partial charge in [0.1, 0.15) is 11.4 Å². The van der Waals surface area contributed by atoms with Gasteiger partial charge in [0.2, 0.25) is 5.95 Å². The van der Waals surface area contributed by atoms with Crippen molar-refractivity contribution < 1.29 is 9.53 Å². The first-order chi connectivity index (χ1) is 15.7. The molecule has 0 bridgehead atoms. The van der Waals surface area contributed by atoms with Crippen LogP contribution in [0, 0.1) is 13.8 Å². The third-order valence-corrected chi connectivity index (χ3v) is 5.98. The van der Waals surface area contributed by atoms with E-state index in [0.717, 1.165) is 27.9 Å². The summed E-state index contributed by atoms with van der Waals surface area (Å²) in [5.74, 6) is 0.870. The highest BCUT2D eigenvalue weighted by atomic mass is 35.5. The summed E-state index contributed by atoms with van der Waals surface area (Å²) in [4.78, 5) is 25.4. The number of carbonyl (C=O) groups is 1. The van der Waals surface area contributed by atoms with Crippen molar-refractivity contribution in [1.82, 2.24) is 15.0 Å². The number of amides is 1. The third-order valence-electron chi connectivity index (χ3n) is 5.69. The molecule has 2 aromatic carbocycles. The normalized spacial score (nSPS) is 14.1. The number of rotatable bonds is 4. The SMILES string of the molecule is Cc1cccc(NC(=O)c2cc3nc(Nc4c(C)ccnc4Cl)[nH]c3c3c2OC(C)(C)C3)c1. The number of H-pyrrole nitrogens is 1. The van der Waals surface area contributed by atoms with Gasteiger partial charge in [0.15, 0.2) is 5.15 Å². The van der Waals surface area contributed by atoms with E-state index in [9.17, 15) is 4.79 Å². The Balaban J connectivity index is 1.57. The van der Waals surface area contributed by atoms with Crippen LogP contribution in [0.3, 0.4) is 0 Å². The Kier molecular flexibility index (Phi) is 5.01. The number of pyridine rings is 1. The van der Waals surface area contributed by atoms with Crippen LogP contribution in [0.4, 0.5) is 17.3 Å². The van der Waals surface area contributed by atoms with E-state index in [0.29, 0.717) is 40.0 Å². The summed E-state index contributed by atoms with van der Waals surface area (Å²) >= 11 is 6.28. The largest absolute Gasteiger partial charge is 0.486 e. The summed E-state index contributed by atoms with van der Waals surface area (Å²) in [5, 5.41) is 6.58. The molecule has 0 fully saturated rings. The molecular formula is C25H24ClN5O2. The summed E-state index contributed by atoms with van der Waals surface area (Å²) < 4.78 is 6.22. The van der Waals surface area contributed by atoms with Gasteiger partial charge in [-0.2, -0.15) is 0 Å². The van der Waals surface area contributed by atoms with Crippen molar-refractivity contribution in [1.29, 1.82) is 0 Å². The van der Waals surface area contributed by atoms with Gasteiger partial charge in [-0.25, -0.2) is 9.97 Å². The van der Waals surface area contributed by atoms with Crippen LogP contribution in [-0.2, 0) is 6.42 Å². The number of aromatic amines is 1. The van der Waals surface area contributed by atoms with Gasteiger partial charge >= 0.3 is 0 Å². The summed E-state index contributed by atoms with van der Waals surface area (Å²) in [6.45, 7) is 7.95. The van der Waals surface area contributed by atoms with Crippen molar-refractivity contribution in [3.63, 3.8) is 0 Å². The number of fused-ring (bicyclic) bond motifs is 3. The maximum atomic E-state index is 13.3. The number of imidazole rings is 1. The van der Waals surface area contributed by atoms with Crippen molar-refractivity contribution in [3.8, 4) is 5.75 Å². The van der Waals surface area contributed by atoms with E-state index in [1.54, 1.807) is 12.3 Å². The molecule has 33 heavy (non-hydrogen) atoms. The summed E-state index contributed by atoms with van der Waals surface area (Å²) in [6, 6.07) is 11.3. The summed E-state index contributed by atoms with van der Waals surface area (Å²) in [5.41, 5.74) is 5.89. The van der Waals surface area contributed by atoms with Gasteiger partial charge in [0.25, 0.3) is 5.91 Å². The predicted octanol–water partition coefficient (Wildman–Crippen LogP) is 5.94. The molecule has 5 rings (SSSR count). The van der Waals surface area contributed by atoms with E-state index in [2.05, 4.69) is 20.6 Å². The molecule has 8 heteroatoms. The zero-order valence-corrected chi connectivity index (χ0v) is 19.6. The van der Waals surface area contributed by atoms with Crippen LogP contribution in [0.5, 0.6) is 5.75 Å². The fourth-order valence-electron chi connectivity index (χ4n) is 4.17. The van der Waals surface area contributed by atoms with Crippen molar-refractivity contribution in [2.75, 3.05) is 10.6 Å². The lowest BCUT2D eigenvalue weighted by atomic mass is 9.98. The monoisotopic (exact) mass is 461 g/mol. The third kappa shape index (κ3) is 4.00. The highest BCUT2D eigenvalue weighted by molar-refractivity contribution is 6.32. The molecule has 168 valence electrons. The van der Waals surface area contributed by atoms with Gasteiger partial charge in [-0.15, -0.1) is 0 Å². The van der Waals surface area contributed by atoms with Crippen LogP contribution in [-0.4, -0.2) is 26.5 Å². The Morgan fingerprint density at radius 3 is 2.79 bits per heavy atom. The number of halogens is 1. The second-order valence-electron chi connectivity index (χ2n) is 8.99. The first kappa shape index (κ1) is 21.3. The molecule has 0 saturated carbocycles. The molecule has 1 amide bonds. The predicted molar refractivity (Wildman–Crippen MR) is 131 cm³/mol. The van der Waals surface area contributed by atoms with Gasteiger partial charge in [-0.1, -0.05) is 23.7 Å². The molecule has 2 aromatic heterocycles. The lowest BCUT2D eigenvalue weighted by Gasteiger charge is -2.18. The molecular weight excluding hydrogens is 438 g/mol. The number of ether oxygens (including phenoxy) is 1. The molecule has 0 atom stereocenters. The lowest BCUT2D eigenvalue weighted by molar-refractivity contribution is 0.101. The molecule has 0 radical (unpaired) electrons. The Morgan fingerprint density at radius 1 is 1.21 bits per heavy atom. The highest BCUT2D eigenvalue weighted by Gasteiger charge is 2.36. The number of anilines is 3. The number of hydrogen-bond donors (Lipinski definition) is 3. The van der Waals surface area contributed by atoms with Crippen molar-refractivity contribution in [3.05, 3.63) is 70.0 Å². The quantitative estimate of drug-likeness (QED) is 0.327. The molecule has 4 aromatic rings. The molecule has 3 heterocycles. The number of hydrogen-bond acceptors (Lipinski definition) is 5. The second-order valence-corrected chi connectivity index (χ2v) is 9.35. The number of nitrogens with one attached hydrogen (secondary N) is 3. The lowest BCUT2D eigenvalue weighted by Crippen LogP contribution is -2.25. The van der Waals surface area contributed by atoms with Crippen LogP contribution in [0.15, 0.2) is 42.6 Å². The minimum Gasteiger partial charge on any atom is -0.486 e. The Hall–Kier alpha value is -3.58. The molecule has 0 unspecified atom stereocenters. The molecule has 7 nitrogen and oxygen atoms in total. The van der Waals surface area contributed by atoms with Crippen LogP contribution in [0.25, 0.3) is 11.0 Å². The van der Waals surface area contributed by atoms with Crippen LogP contribution in [0.2, 0.25) is 5.15 Å². The number of benzene rings is 2. The van der Waals surface area contributed by atoms with Gasteiger partial charge in [0.05, 0.1) is 22.3 Å². The van der Waals surface area contributed by atoms with E-state index >= 15 is 0 Å². The molecule has 3 N–H and O–H groups in total. The average molecular weight is 462 g/mol. The molecule has 1 aliphatic heterocycles.